The molecule has 0 aromatic rings. The van der Waals surface area contributed by atoms with E-state index in [0.717, 1.165) is 11.5 Å². The molecular weight excluding hydrogens is 652 g/mol. The number of hydrogen-bond donors (Lipinski definition) is 0. The van der Waals surface area contributed by atoms with Gasteiger partial charge in [-0.2, -0.15) is 0 Å². The van der Waals surface area contributed by atoms with Gasteiger partial charge >= 0.3 is 78.1 Å². The van der Waals surface area contributed by atoms with E-state index >= 15 is 0 Å². The zero-order valence-corrected chi connectivity index (χ0v) is 30.1. The summed E-state index contributed by atoms with van der Waals surface area (Å²) in [7, 11) is 2.37. The molecule has 1 rings (SSSR count). The summed E-state index contributed by atoms with van der Waals surface area (Å²) in [5, 5.41) is 2.89. The van der Waals surface area contributed by atoms with Crippen LogP contribution in [0.5, 0.6) is 0 Å². The van der Waals surface area contributed by atoms with Gasteiger partial charge in [0.15, 0.2) is 0 Å². The molecule has 0 aromatic heterocycles. The van der Waals surface area contributed by atoms with E-state index in [2.05, 4.69) is 114 Å². The van der Waals surface area contributed by atoms with Crippen LogP contribution in [0, 0.1) is 0 Å². The third-order valence-corrected chi connectivity index (χ3v) is 16.3. The maximum atomic E-state index is 6.02. The van der Waals surface area contributed by atoms with Crippen molar-refractivity contribution in [1.82, 2.24) is 4.90 Å². The van der Waals surface area contributed by atoms with Crippen LogP contribution in [0.2, 0.25) is 0 Å². The Hall–Kier alpha value is 1.50. The fraction of sp³-hybridized carbons (Fsp3) is 0.931. The molecule has 0 saturated heterocycles. The van der Waals surface area contributed by atoms with Gasteiger partial charge in [-0.3, -0.25) is 0 Å². The summed E-state index contributed by atoms with van der Waals surface area (Å²) in [6.45, 7) is 31.7. The van der Waals surface area contributed by atoms with Crippen LogP contribution in [0.4, 0.5) is 0 Å². The normalized spacial score (nSPS) is 19.3. The Bertz CT molecular complexity index is 526. The molecule has 1 aliphatic carbocycles. The van der Waals surface area contributed by atoms with E-state index in [-0.39, 0.29) is 15.8 Å². The van der Waals surface area contributed by atoms with Gasteiger partial charge in [0.25, 0.3) is 0 Å². The molecule has 5 heteroatoms. The summed E-state index contributed by atoms with van der Waals surface area (Å²) in [5.74, 6) is 0. The Morgan fingerprint density at radius 2 is 0.971 bits per heavy atom. The predicted octanol–water partition coefficient (Wildman–Crippen LogP) is 10.4. The van der Waals surface area contributed by atoms with Crippen molar-refractivity contribution in [1.29, 1.82) is 0 Å². The van der Waals surface area contributed by atoms with E-state index in [1.165, 1.54) is 61.6 Å². The van der Waals surface area contributed by atoms with Crippen LogP contribution in [-0.4, -0.2) is 58.0 Å². The summed E-state index contributed by atoms with van der Waals surface area (Å²) in [5.41, 5.74) is 0. The van der Waals surface area contributed by atoms with Crippen molar-refractivity contribution < 1.29 is 18.9 Å². The first kappa shape index (κ1) is 35.5. The Morgan fingerprint density at radius 1 is 0.647 bits per heavy atom. The van der Waals surface area contributed by atoms with Gasteiger partial charge in [0, 0.05) is 13.1 Å². The summed E-state index contributed by atoms with van der Waals surface area (Å²) in [6.07, 6.45) is 10.4. The van der Waals surface area contributed by atoms with Gasteiger partial charge in [0.05, 0.1) is 0 Å². The van der Waals surface area contributed by atoms with Crippen molar-refractivity contribution in [3.63, 3.8) is 0 Å². The van der Waals surface area contributed by atoms with Crippen LogP contribution in [0.3, 0.4) is 0 Å². The molecule has 0 atom stereocenters. The fourth-order valence-electron chi connectivity index (χ4n) is 5.18. The van der Waals surface area contributed by atoms with Crippen LogP contribution >= 0.6 is 27.4 Å². The zero-order valence-electron chi connectivity index (χ0n) is 25.1. The quantitative estimate of drug-likeness (QED) is 0.248. The van der Waals surface area contributed by atoms with E-state index in [1.54, 1.807) is 0 Å². The first-order valence-electron chi connectivity index (χ1n) is 13.4. The van der Waals surface area contributed by atoms with Crippen LogP contribution in [-0.2, 0) is 18.9 Å². The number of nitrogens with zero attached hydrogens (tertiary/aromatic N) is 1. The average molecular weight is 711 g/mol. The van der Waals surface area contributed by atoms with E-state index in [1.807, 2.05) is 0 Å². The molecule has 0 saturated carbocycles. The topological polar surface area (TPSA) is 3.24 Å². The summed E-state index contributed by atoms with van der Waals surface area (Å²) in [6, 6.07) is 0. The SMILES string of the molecule is CN(CCP(C(C)(C)C)C(C)(C)C)CCP(C(C)(C)C)C(C)(C)C.Cl/C1=[C](\[Ir])CCCCCC1. The van der Waals surface area contributed by atoms with Gasteiger partial charge in [-0.05, 0) is 40.0 Å². The molecule has 0 spiro atoms. The standard InChI is InChI=1S/C21H47NP2.C8H12Cl.Ir/c1-18(2,3)23(19(4,5)6)16-14-22(13)15-17-24(20(7,8)9)21(10,11)12;9-8-6-4-2-1-3-5-7-8;/h14-17H2,1-13H3;1-6H2;. The van der Waals surface area contributed by atoms with Crippen LogP contribution in [0.25, 0.3) is 0 Å². The Morgan fingerprint density at radius 3 is 1.29 bits per heavy atom. The van der Waals surface area contributed by atoms with Crippen molar-refractivity contribution in [2.24, 2.45) is 0 Å². The molecule has 34 heavy (non-hydrogen) atoms. The molecule has 0 aromatic carbocycles. The Labute approximate surface area is 234 Å². The summed E-state index contributed by atoms with van der Waals surface area (Å²) < 4.78 is 1.42. The molecule has 0 aliphatic heterocycles. The van der Waals surface area contributed by atoms with Gasteiger partial charge < -0.3 is 4.90 Å². The number of hydrogen-bond acceptors (Lipinski definition) is 1. The first-order chi connectivity index (χ1) is 15.2. The van der Waals surface area contributed by atoms with Gasteiger partial charge in [0.1, 0.15) is 0 Å². The number of allylic oxidation sites excluding steroid dienone is 2. The molecule has 0 heterocycles. The van der Waals surface area contributed by atoms with Gasteiger partial charge in [0.2, 0.25) is 0 Å². The zero-order chi connectivity index (χ0) is 27.0. The van der Waals surface area contributed by atoms with E-state index < -0.39 is 0 Å². The number of halogens is 1. The van der Waals surface area contributed by atoms with E-state index in [9.17, 15) is 0 Å². The molecule has 0 amide bonds. The predicted molar refractivity (Wildman–Crippen MR) is 161 cm³/mol. The second-order valence-corrected chi connectivity index (χ2v) is 23.9. The minimum atomic E-state index is 0.0172. The molecule has 0 fully saturated rings. The Balaban J connectivity index is 0.000000896. The molecule has 0 N–H and O–H groups in total. The van der Waals surface area contributed by atoms with Crippen LogP contribution in [0.1, 0.15) is 122 Å². The molecule has 0 unspecified atom stereocenters. The minimum absolute atomic E-state index is 0.0172. The molecule has 1 aliphatic rings. The second-order valence-electron chi connectivity index (χ2n) is 14.0. The third-order valence-electron chi connectivity index (χ3n) is 6.46. The van der Waals surface area contributed by atoms with Gasteiger partial charge in [-0.1, -0.05) is 98.9 Å². The van der Waals surface area contributed by atoms with Gasteiger partial charge in [-0.15, -0.1) is 0 Å². The van der Waals surface area contributed by atoms with Crippen LogP contribution < -0.4 is 0 Å². The van der Waals surface area contributed by atoms with Gasteiger partial charge in [-0.25, -0.2) is 0 Å². The summed E-state index contributed by atoms with van der Waals surface area (Å²) >= 11 is 8.18. The fourth-order valence-corrected chi connectivity index (χ4v) is 13.9. The summed E-state index contributed by atoms with van der Waals surface area (Å²) in [4.78, 5) is 2.60. The molecule has 0 bridgehead atoms. The van der Waals surface area contributed by atoms with Crippen molar-refractivity contribution in [2.45, 2.75) is 142 Å². The maximum absolute atomic E-state index is 6.02. The van der Waals surface area contributed by atoms with Crippen molar-refractivity contribution in [3.05, 3.63) is 9.12 Å². The second kappa shape index (κ2) is 15.2. The molecule has 1 nitrogen and oxygen atoms in total. The van der Waals surface area contributed by atoms with Crippen molar-refractivity contribution in [2.75, 3.05) is 32.5 Å². The molecular formula is C29H59ClIrNP2. The average Bonchev–Trinajstić information content (AvgIpc) is 2.59. The Kier molecular flexibility index (Phi) is 15.9. The third kappa shape index (κ3) is 15.0. The molecule has 0 radical (unpaired) electrons. The van der Waals surface area contributed by atoms with E-state index in [4.69, 9.17) is 11.6 Å². The number of rotatable bonds is 6. The monoisotopic (exact) mass is 711 g/mol. The van der Waals surface area contributed by atoms with Crippen molar-refractivity contribution >= 4 is 27.4 Å². The first-order valence-corrected chi connectivity index (χ1v) is 18.0. The van der Waals surface area contributed by atoms with E-state index in [0.29, 0.717) is 20.6 Å². The molecule has 206 valence electrons. The van der Waals surface area contributed by atoms with Crippen LogP contribution in [0.15, 0.2) is 9.12 Å². The van der Waals surface area contributed by atoms with Crippen molar-refractivity contribution in [3.8, 4) is 0 Å².